The zero-order valence-electron chi connectivity index (χ0n) is 23.2. The van der Waals surface area contributed by atoms with Crippen molar-refractivity contribution in [1.82, 2.24) is 0 Å². The molecule has 2 saturated carbocycles. The van der Waals surface area contributed by atoms with E-state index < -0.39 is 40.2 Å². The van der Waals surface area contributed by atoms with Crippen molar-refractivity contribution in [2.24, 2.45) is 33.5 Å². The molecule has 6 rings (SSSR count). The highest BCUT2D eigenvalue weighted by Gasteiger charge is 2.88. The second-order valence-corrected chi connectivity index (χ2v) is 13.4. The summed E-state index contributed by atoms with van der Waals surface area (Å²) in [4.78, 5) is 37.8. The van der Waals surface area contributed by atoms with Crippen LogP contribution < -0.4 is 0 Å². The molecule has 0 N–H and O–H groups in total. The van der Waals surface area contributed by atoms with Crippen molar-refractivity contribution in [3.05, 3.63) is 36.3 Å². The molecule has 10 atom stereocenters. The predicted molar refractivity (Wildman–Crippen MR) is 134 cm³/mol. The number of esters is 3. The molecule has 0 aromatic carbocycles. The second-order valence-electron chi connectivity index (χ2n) is 13.4. The quantitative estimate of drug-likeness (QED) is 0.237. The van der Waals surface area contributed by atoms with E-state index in [0.717, 1.165) is 18.4 Å². The fraction of sp³-hybridized carbons (Fsp3) is 0.700. The standard InChI is InChI=1S/C30H38O8/c1-16(31)35-21-9-11-27(5)19-8-12-28(6)23(18-10-13-34-15-18)37-25(33)24-30(28,38-24)29(19,7)22(36-17(2)32)14-20(27)26(21,3)4/h9-11,13,15,19-24H,8,12,14H2,1-7H3/t19-,20+,21?,22-,23-,24-,27-,28+,29+,30-/m1/s1. The van der Waals surface area contributed by atoms with Crippen molar-refractivity contribution in [3.8, 4) is 0 Å². The monoisotopic (exact) mass is 526 g/mol. The first-order chi connectivity index (χ1) is 17.7. The molecule has 2 aliphatic heterocycles. The summed E-state index contributed by atoms with van der Waals surface area (Å²) >= 11 is 0. The molecule has 38 heavy (non-hydrogen) atoms. The third-order valence-electron chi connectivity index (χ3n) is 11.3. The van der Waals surface area contributed by atoms with Crippen molar-refractivity contribution >= 4 is 17.9 Å². The van der Waals surface area contributed by atoms with E-state index in [2.05, 4.69) is 40.7 Å². The van der Waals surface area contributed by atoms with E-state index in [0.29, 0.717) is 6.42 Å². The lowest BCUT2D eigenvalue weighted by Crippen LogP contribution is -2.73. The van der Waals surface area contributed by atoms with Gasteiger partial charge in [0.2, 0.25) is 0 Å². The normalized spacial score (nSPS) is 47.9. The van der Waals surface area contributed by atoms with E-state index >= 15 is 0 Å². The minimum atomic E-state index is -0.862. The summed E-state index contributed by atoms with van der Waals surface area (Å²) in [6.07, 6.45) is 7.53. The van der Waals surface area contributed by atoms with Crippen molar-refractivity contribution in [3.63, 3.8) is 0 Å². The summed E-state index contributed by atoms with van der Waals surface area (Å²) in [6, 6.07) is 1.84. The van der Waals surface area contributed by atoms with Gasteiger partial charge < -0.3 is 23.4 Å². The Labute approximate surface area is 223 Å². The van der Waals surface area contributed by atoms with Gasteiger partial charge in [-0.1, -0.05) is 40.7 Å². The van der Waals surface area contributed by atoms with Gasteiger partial charge in [-0.05, 0) is 48.7 Å². The Morgan fingerprint density at radius 2 is 1.71 bits per heavy atom. The number of hydrogen-bond donors (Lipinski definition) is 0. The largest absolute Gasteiger partial charge is 0.472 e. The molecule has 8 heteroatoms. The number of hydrogen-bond acceptors (Lipinski definition) is 8. The SMILES string of the molecule is CC(=O)OC1C=C[C@]2(C)[C@H]3CC[C@@]4(C)[C@@H](c5ccoc5)OC(=O)[C@H]5O[C@]54[C@]3(C)[C@H](OC(C)=O)C[C@H]2C1(C)C. The highest BCUT2D eigenvalue weighted by molar-refractivity contribution is 5.82. The lowest BCUT2D eigenvalue weighted by molar-refractivity contribution is -0.257. The molecular weight excluding hydrogens is 488 g/mol. The molecule has 1 spiro atoms. The van der Waals surface area contributed by atoms with Crippen LogP contribution in [-0.4, -0.2) is 41.8 Å². The number of fused-ring (bicyclic) bond motifs is 3. The fourth-order valence-electron chi connectivity index (χ4n) is 9.70. The van der Waals surface area contributed by atoms with Gasteiger partial charge >= 0.3 is 17.9 Å². The number of allylic oxidation sites excluding steroid dienone is 1. The summed E-state index contributed by atoms with van der Waals surface area (Å²) in [6.45, 7) is 13.7. The number of rotatable bonds is 3. The molecule has 1 unspecified atom stereocenters. The molecule has 1 aromatic rings. The molecule has 2 saturated heterocycles. The van der Waals surface area contributed by atoms with Crippen molar-refractivity contribution < 1.29 is 37.7 Å². The third kappa shape index (κ3) is 2.93. The molecule has 0 radical (unpaired) electrons. The first-order valence-corrected chi connectivity index (χ1v) is 13.7. The Morgan fingerprint density at radius 3 is 2.34 bits per heavy atom. The van der Waals surface area contributed by atoms with E-state index in [1.165, 1.54) is 13.8 Å². The smallest absolute Gasteiger partial charge is 0.339 e. The van der Waals surface area contributed by atoms with E-state index in [4.69, 9.17) is 23.4 Å². The molecule has 0 bridgehead atoms. The van der Waals surface area contributed by atoms with Gasteiger partial charge in [0.25, 0.3) is 0 Å². The molecule has 3 heterocycles. The number of carbonyl (C=O) groups excluding carboxylic acids is 3. The fourth-order valence-corrected chi connectivity index (χ4v) is 9.70. The van der Waals surface area contributed by atoms with Crippen LogP contribution in [-0.2, 0) is 33.3 Å². The average Bonchev–Trinajstić information content (AvgIpc) is 3.39. The maximum absolute atomic E-state index is 13.3. The summed E-state index contributed by atoms with van der Waals surface area (Å²) in [5, 5.41) is 0. The summed E-state index contributed by atoms with van der Waals surface area (Å²) < 4.78 is 29.9. The van der Waals surface area contributed by atoms with E-state index in [-0.39, 0.29) is 41.3 Å². The zero-order chi connectivity index (χ0) is 27.5. The average molecular weight is 527 g/mol. The Balaban J connectivity index is 1.51. The van der Waals surface area contributed by atoms with Crippen LogP contribution in [0.3, 0.4) is 0 Å². The van der Waals surface area contributed by atoms with Crippen LogP contribution >= 0.6 is 0 Å². The highest BCUT2D eigenvalue weighted by atomic mass is 16.7. The molecule has 206 valence electrons. The Hall–Kier alpha value is -2.61. The topological polar surface area (TPSA) is 105 Å². The van der Waals surface area contributed by atoms with E-state index in [9.17, 15) is 14.4 Å². The highest BCUT2D eigenvalue weighted by Crippen LogP contribution is 2.80. The summed E-state index contributed by atoms with van der Waals surface area (Å²) in [5.74, 6) is -0.948. The number of cyclic esters (lactones) is 1. The lowest BCUT2D eigenvalue weighted by Gasteiger charge is -2.69. The van der Waals surface area contributed by atoms with Gasteiger partial charge in [-0.3, -0.25) is 9.59 Å². The van der Waals surface area contributed by atoms with Gasteiger partial charge in [-0.25, -0.2) is 4.79 Å². The maximum atomic E-state index is 13.3. The predicted octanol–water partition coefficient (Wildman–Crippen LogP) is 4.92. The first-order valence-electron chi connectivity index (χ1n) is 13.7. The van der Waals surface area contributed by atoms with Gasteiger partial charge in [-0.2, -0.15) is 0 Å². The van der Waals surface area contributed by atoms with Crippen LogP contribution in [0.2, 0.25) is 0 Å². The second kappa shape index (κ2) is 7.74. The lowest BCUT2D eigenvalue weighted by atomic mass is 9.35. The number of carbonyl (C=O) groups is 3. The maximum Gasteiger partial charge on any atom is 0.339 e. The number of epoxide rings is 1. The third-order valence-corrected chi connectivity index (χ3v) is 11.3. The van der Waals surface area contributed by atoms with Gasteiger partial charge in [0.1, 0.15) is 23.9 Å². The van der Waals surface area contributed by atoms with E-state index in [1.54, 1.807) is 12.5 Å². The molecular formula is C30H38O8. The summed E-state index contributed by atoms with van der Waals surface area (Å²) in [5.41, 5.74) is -1.97. The van der Waals surface area contributed by atoms with Crippen LogP contribution in [0.1, 0.15) is 79.4 Å². The van der Waals surface area contributed by atoms with Crippen LogP contribution in [0, 0.1) is 33.5 Å². The molecule has 5 aliphatic rings. The molecule has 4 fully saturated rings. The molecule has 8 nitrogen and oxygen atoms in total. The van der Waals surface area contributed by atoms with Gasteiger partial charge in [0.15, 0.2) is 6.10 Å². The first kappa shape index (κ1) is 25.7. The van der Waals surface area contributed by atoms with Crippen molar-refractivity contribution in [1.29, 1.82) is 0 Å². The Morgan fingerprint density at radius 1 is 1.00 bits per heavy atom. The molecule has 3 aliphatic carbocycles. The van der Waals surface area contributed by atoms with Gasteiger partial charge in [-0.15, -0.1) is 0 Å². The number of furan rings is 1. The molecule has 1 aromatic heterocycles. The van der Waals surface area contributed by atoms with Crippen LogP contribution in [0.25, 0.3) is 0 Å². The Kier molecular flexibility index (Phi) is 5.22. The zero-order valence-corrected chi connectivity index (χ0v) is 23.2. The van der Waals surface area contributed by atoms with Crippen LogP contribution in [0.4, 0.5) is 0 Å². The summed E-state index contributed by atoms with van der Waals surface area (Å²) in [7, 11) is 0. The van der Waals surface area contributed by atoms with Gasteiger partial charge in [0.05, 0.1) is 12.5 Å². The van der Waals surface area contributed by atoms with Crippen molar-refractivity contribution in [2.75, 3.05) is 0 Å². The minimum absolute atomic E-state index is 0.0425. The van der Waals surface area contributed by atoms with Crippen molar-refractivity contribution in [2.45, 2.75) is 97.7 Å². The van der Waals surface area contributed by atoms with E-state index in [1.807, 2.05) is 12.1 Å². The minimum Gasteiger partial charge on any atom is -0.472 e. The van der Waals surface area contributed by atoms with Gasteiger partial charge in [0, 0.05) is 35.7 Å². The Bertz CT molecular complexity index is 1220. The number of ether oxygens (including phenoxy) is 4. The van der Waals surface area contributed by atoms with Crippen LogP contribution in [0.5, 0.6) is 0 Å². The van der Waals surface area contributed by atoms with Crippen LogP contribution in [0.15, 0.2) is 35.2 Å². The molecule has 0 amide bonds.